The van der Waals surface area contributed by atoms with Crippen LogP contribution < -0.4 is 0 Å². The Kier molecular flexibility index (Phi) is 4.17. The van der Waals surface area contributed by atoms with E-state index >= 15 is 0 Å². The van der Waals surface area contributed by atoms with E-state index in [0.29, 0.717) is 13.0 Å². The fraction of sp³-hybridized carbons (Fsp3) is 0.182. The van der Waals surface area contributed by atoms with Gasteiger partial charge in [0, 0.05) is 49.3 Å². The molecule has 2 aromatic heterocycles. The van der Waals surface area contributed by atoms with Crippen LogP contribution in [0.15, 0.2) is 67.0 Å². The van der Waals surface area contributed by atoms with Crippen LogP contribution in [0.25, 0.3) is 21.8 Å². The Labute approximate surface area is 152 Å². The zero-order valence-electron chi connectivity index (χ0n) is 15.0. The molecule has 2 aromatic carbocycles. The lowest BCUT2D eigenvalue weighted by molar-refractivity contribution is -0.129. The highest BCUT2D eigenvalue weighted by Crippen LogP contribution is 2.22. The van der Waals surface area contributed by atoms with Crippen molar-refractivity contribution in [3.8, 4) is 0 Å². The highest BCUT2D eigenvalue weighted by molar-refractivity contribution is 5.89. The zero-order chi connectivity index (χ0) is 18.1. The standard InChI is InChI=1S/C22H21N3O/c1-24-15-17(19-8-3-4-11-21(19)24)13-22(26)25(2)14-16-7-5-10-20-18(16)9-6-12-23-20/h3-12,15H,13-14H2,1-2H3. The molecule has 2 heterocycles. The van der Waals surface area contributed by atoms with Gasteiger partial charge in [-0.2, -0.15) is 0 Å². The number of pyridine rings is 1. The van der Waals surface area contributed by atoms with E-state index in [1.54, 1.807) is 11.1 Å². The SMILES string of the molecule is CN(Cc1cccc2ncccc12)C(=O)Cc1cn(C)c2ccccc12. The molecule has 0 N–H and O–H groups in total. The number of carbonyl (C=O) groups excluding carboxylic acids is 1. The van der Waals surface area contributed by atoms with Crippen LogP contribution >= 0.6 is 0 Å². The number of aryl methyl sites for hydroxylation is 1. The molecule has 0 fully saturated rings. The Hall–Kier alpha value is -3.14. The number of rotatable bonds is 4. The molecular formula is C22H21N3O. The summed E-state index contributed by atoms with van der Waals surface area (Å²) in [4.78, 5) is 19.0. The first-order chi connectivity index (χ1) is 12.6. The van der Waals surface area contributed by atoms with Gasteiger partial charge in [0.05, 0.1) is 11.9 Å². The lowest BCUT2D eigenvalue weighted by Crippen LogP contribution is -2.27. The third kappa shape index (κ3) is 2.94. The number of benzene rings is 2. The number of carbonyl (C=O) groups is 1. The summed E-state index contributed by atoms with van der Waals surface area (Å²) in [5.74, 6) is 0.113. The smallest absolute Gasteiger partial charge is 0.227 e. The van der Waals surface area contributed by atoms with Crippen LogP contribution in [0, 0.1) is 0 Å². The molecule has 26 heavy (non-hydrogen) atoms. The molecule has 4 heteroatoms. The highest BCUT2D eigenvalue weighted by Gasteiger charge is 2.15. The van der Waals surface area contributed by atoms with Gasteiger partial charge >= 0.3 is 0 Å². The molecular weight excluding hydrogens is 322 g/mol. The average molecular weight is 343 g/mol. The maximum Gasteiger partial charge on any atom is 0.227 e. The Morgan fingerprint density at radius 1 is 1.00 bits per heavy atom. The molecule has 4 rings (SSSR count). The minimum atomic E-state index is 0.113. The zero-order valence-corrected chi connectivity index (χ0v) is 15.0. The van der Waals surface area contributed by atoms with Crippen LogP contribution in [0.2, 0.25) is 0 Å². The van der Waals surface area contributed by atoms with Gasteiger partial charge in [0.25, 0.3) is 0 Å². The Morgan fingerprint density at radius 3 is 2.69 bits per heavy atom. The maximum absolute atomic E-state index is 12.8. The summed E-state index contributed by atoms with van der Waals surface area (Å²) in [6, 6.07) is 18.2. The lowest BCUT2D eigenvalue weighted by Gasteiger charge is -2.18. The molecule has 0 saturated carbocycles. The predicted octanol–water partition coefficient (Wildman–Crippen LogP) is 3.93. The van der Waals surface area contributed by atoms with Crippen molar-refractivity contribution in [1.82, 2.24) is 14.5 Å². The number of amides is 1. The number of fused-ring (bicyclic) bond motifs is 2. The molecule has 0 atom stereocenters. The van der Waals surface area contributed by atoms with E-state index in [0.717, 1.165) is 32.9 Å². The summed E-state index contributed by atoms with van der Waals surface area (Å²) >= 11 is 0. The fourth-order valence-corrected chi connectivity index (χ4v) is 3.51. The van der Waals surface area contributed by atoms with Gasteiger partial charge in [-0.1, -0.05) is 36.4 Å². The van der Waals surface area contributed by atoms with Gasteiger partial charge in [0.2, 0.25) is 5.91 Å². The number of hydrogen-bond acceptors (Lipinski definition) is 2. The van der Waals surface area contributed by atoms with E-state index in [2.05, 4.69) is 40.0 Å². The second kappa shape index (κ2) is 6.64. The first kappa shape index (κ1) is 16.3. The van der Waals surface area contributed by atoms with Gasteiger partial charge < -0.3 is 9.47 Å². The van der Waals surface area contributed by atoms with Crippen molar-refractivity contribution in [2.45, 2.75) is 13.0 Å². The Morgan fingerprint density at radius 2 is 1.81 bits per heavy atom. The van der Waals surface area contributed by atoms with Crippen molar-refractivity contribution in [2.75, 3.05) is 7.05 Å². The van der Waals surface area contributed by atoms with Crippen LogP contribution in [-0.4, -0.2) is 27.4 Å². The van der Waals surface area contributed by atoms with Crippen molar-refractivity contribution < 1.29 is 4.79 Å². The highest BCUT2D eigenvalue weighted by atomic mass is 16.2. The van der Waals surface area contributed by atoms with Gasteiger partial charge in [-0.3, -0.25) is 9.78 Å². The molecule has 0 spiro atoms. The number of aromatic nitrogens is 2. The van der Waals surface area contributed by atoms with E-state index in [4.69, 9.17) is 0 Å². The molecule has 0 aliphatic heterocycles. The minimum Gasteiger partial charge on any atom is -0.350 e. The molecule has 0 aliphatic rings. The summed E-state index contributed by atoms with van der Waals surface area (Å²) in [6.07, 6.45) is 4.25. The van der Waals surface area contributed by atoms with Crippen molar-refractivity contribution >= 4 is 27.7 Å². The molecule has 0 bridgehead atoms. The van der Waals surface area contributed by atoms with Crippen molar-refractivity contribution in [1.29, 1.82) is 0 Å². The largest absolute Gasteiger partial charge is 0.350 e. The van der Waals surface area contributed by atoms with Gasteiger partial charge in [-0.05, 0) is 29.3 Å². The van der Waals surface area contributed by atoms with Crippen LogP contribution in [0.3, 0.4) is 0 Å². The second-order valence-corrected chi connectivity index (χ2v) is 6.70. The number of likely N-dealkylation sites (N-methyl/N-ethyl adjacent to an activating group) is 1. The quantitative estimate of drug-likeness (QED) is 0.563. The summed E-state index contributed by atoms with van der Waals surface area (Å²) in [5.41, 5.74) is 4.29. The topological polar surface area (TPSA) is 38.1 Å². The van der Waals surface area contributed by atoms with E-state index in [1.807, 2.05) is 44.4 Å². The maximum atomic E-state index is 12.8. The molecule has 1 amide bonds. The number of nitrogens with zero attached hydrogens (tertiary/aromatic N) is 3. The summed E-state index contributed by atoms with van der Waals surface area (Å²) < 4.78 is 2.08. The normalized spacial score (nSPS) is 11.2. The molecule has 0 aliphatic carbocycles. The Bertz CT molecular complexity index is 1090. The van der Waals surface area contributed by atoms with Crippen LogP contribution in [0.4, 0.5) is 0 Å². The van der Waals surface area contributed by atoms with Gasteiger partial charge in [-0.15, -0.1) is 0 Å². The molecule has 4 nitrogen and oxygen atoms in total. The summed E-state index contributed by atoms with van der Waals surface area (Å²) in [6.45, 7) is 0.576. The van der Waals surface area contributed by atoms with E-state index in [1.165, 1.54) is 0 Å². The first-order valence-corrected chi connectivity index (χ1v) is 8.73. The van der Waals surface area contributed by atoms with Gasteiger partial charge in [0.1, 0.15) is 0 Å². The third-order valence-electron chi connectivity index (χ3n) is 4.89. The van der Waals surface area contributed by atoms with Crippen molar-refractivity contribution in [3.05, 3.63) is 78.1 Å². The van der Waals surface area contributed by atoms with E-state index in [9.17, 15) is 4.79 Å². The fourth-order valence-electron chi connectivity index (χ4n) is 3.51. The number of para-hydroxylation sites is 1. The van der Waals surface area contributed by atoms with E-state index in [-0.39, 0.29) is 5.91 Å². The van der Waals surface area contributed by atoms with Crippen LogP contribution in [0.5, 0.6) is 0 Å². The van der Waals surface area contributed by atoms with Crippen molar-refractivity contribution in [3.63, 3.8) is 0 Å². The number of hydrogen-bond donors (Lipinski definition) is 0. The van der Waals surface area contributed by atoms with Gasteiger partial charge in [0.15, 0.2) is 0 Å². The lowest BCUT2D eigenvalue weighted by atomic mass is 10.1. The Balaban J connectivity index is 1.56. The van der Waals surface area contributed by atoms with Gasteiger partial charge in [-0.25, -0.2) is 0 Å². The summed E-state index contributed by atoms with van der Waals surface area (Å²) in [7, 11) is 3.88. The molecule has 130 valence electrons. The monoisotopic (exact) mass is 343 g/mol. The molecule has 4 aromatic rings. The average Bonchev–Trinajstić information content (AvgIpc) is 2.98. The molecule has 0 radical (unpaired) electrons. The second-order valence-electron chi connectivity index (χ2n) is 6.70. The van der Waals surface area contributed by atoms with E-state index < -0.39 is 0 Å². The minimum absolute atomic E-state index is 0.113. The van der Waals surface area contributed by atoms with Crippen LogP contribution in [0.1, 0.15) is 11.1 Å². The van der Waals surface area contributed by atoms with Crippen molar-refractivity contribution in [2.24, 2.45) is 7.05 Å². The molecule has 0 saturated heterocycles. The molecule has 0 unspecified atom stereocenters. The third-order valence-corrected chi connectivity index (χ3v) is 4.89. The first-order valence-electron chi connectivity index (χ1n) is 8.73. The predicted molar refractivity (Wildman–Crippen MR) is 105 cm³/mol. The van der Waals surface area contributed by atoms with Crippen LogP contribution in [-0.2, 0) is 24.8 Å². The summed E-state index contributed by atoms with van der Waals surface area (Å²) in [5, 5.41) is 2.24.